The monoisotopic (exact) mass is 403 g/mol. The number of pyridine rings is 1. The number of aromatic amines is 1. The Morgan fingerprint density at radius 2 is 1.83 bits per heavy atom. The highest BCUT2D eigenvalue weighted by atomic mass is 19.1. The third kappa shape index (κ3) is 3.36. The maximum Gasteiger partial charge on any atom is 0.182 e. The smallest absolute Gasteiger partial charge is 0.182 e. The van der Waals surface area contributed by atoms with E-state index in [4.69, 9.17) is 4.98 Å². The van der Waals surface area contributed by atoms with E-state index in [2.05, 4.69) is 25.3 Å². The number of hydrogen-bond donors (Lipinski definition) is 2. The van der Waals surface area contributed by atoms with Gasteiger partial charge in [0.05, 0.1) is 23.8 Å². The highest BCUT2D eigenvalue weighted by molar-refractivity contribution is 5.82. The lowest BCUT2D eigenvalue weighted by molar-refractivity contribution is 0.630. The fourth-order valence-corrected chi connectivity index (χ4v) is 3.38. The van der Waals surface area contributed by atoms with Crippen LogP contribution in [0.3, 0.4) is 0 Å². The van der Waals surface area contributed by atoms with Gasteiger partial charge in [-0.3, -0.25) is 4.40 Å². The van der Waals surface area contributed by atoms with Crippen LogP contribution in [0.5, 0.6) is 0 Å². The summed E-state index contributed by atoms with van der Waals surface area (Å²) in [5.74, 6) is 0.325. The molecule has 0 aliphatic carbocycles. The Labute approximate surface area is 173 Å². The number of hydrogen-bond acceptors (Lipinski definition) is 5. The lowest BCUT2D eigenvalue weighted by Gasteiger charge is -2.15. The first-order valence-electron chi connectivity index (χ1n) is 9.85. The molecule has 0 saturated carbocycles. The highest BCUT2D eigenvalue weighted by Gasteiger charge is 2.22. The molecule has 4 aromatic heterocycles. The van der Waals surface area contributed by atoms with Gasteiger partial charge in [0, 0.05) is 11.8 Å². The molecule has 8 heteroatoms. The van der Waals surface area contributed by atoms with Crippen molar-refractivity contribution >= 4 is 22.6 Å². The molecule has 0 fully saturated rings. The maximum absolute atomic E-state index is 14.6. The Bertz CT molecular complexity index is 1290. The van der Waals surface area contributed by atoms with E-state index in [0.29, 0.717) is 28.2 Å². The SMILES string of the molecule is CC.CC(Nc1ncnc2nc[nH]c12)c1nc2ccccn2c1-c1ccccc1F. The van der Waals surface area contributed by atoms with Crippen molar-refractivity contribution in [3.05, 3.63) is 72.8 Å². The van der Waals surface area contributed by atoms with Gasteiger partial charge in [0.15, 0.2) is 11.5 Å². The molecule has 0 aliphatic heterocycles. The molecule has 0 saturated heterocycles. The van der Waals surface area contributed by atoms with Crippen molar-refractivity contribution < 1.29 is 4.39 Å². The van der Waals surface area contributed by atoms with E-state index in [0.717, 1.165) is 11.3 Å². The number of fused-ring (bicyclic) bond motifs is 2. The normalized spacial score (nSPS) is 11.9. The standard InChI is InChI=1S/C20H16FN7.C2H6/c1-12(26-20-17-19(23-10-22-17)24-11-25-20)16-18(13-6-2-3-7-14(13)21)28-9-5-4-8-15(28)27-16;1-2/h2-12H,1H3,(H2,22,23,24,25,26);1-2H3. The minimum absolute atomic E-state index is 0.240. The number of benzene rings is 1. The number of halogens is 1. The number of imidazole rings is 2. The Balaban J connectivity index is 0.00000106. The molecular weight excluding hydrogens is 381 g/mol. The van der Waals surface area contributed by atoms with Crippen molar-refractivity contribution in [2.75, 3.05) is 5.32 Å². The second-order valence-electron chi connectivity index (χ2n) is 6.44. The van der Waals surface area contributed by atoms with Gasteiger partial charge in [-0.25, -0.2) is 24.3 Å². The number of aromatic nitrogens is 6. The van der Waals surface area contributed by atoms with Crippen LogP contribution in [0, 0.1) is 5.82 Å². The molecule has 0 amide bonds. The predicted octanol–water partition coefficient (Wildman–Crippen LogP) is 5.01. The zero-order valence-electron chi connectivity index (χ0n) is 17.0. The summed E-state index contributed by atoms with van der Waals surface area (Å²) in [5, 5.41) is 3.36. The third-order valence-electron chi connectivity index (χ3n) is 4.67. The number of rotatable bonds is 4. The third-order valence-corrected chi connectivity index (χ3v) is 4.67. The van der Waals surface area contributed by atoms with Crippen LogP contribution in [0.4, 0.5) is 10.2 Å². The largest absolute Gasteiger partial charge is 0.360 e. The van der Waals surface area contributed by atoms with Gasteiger partial charge in [0.1, 0.15) is 23.3 Å². The first-order chi connectivity index (χ1) is 14.7. The van der Waals surface area contributed by atoms with Crippen LogP contribution in [0.25, 0.3) is 28.1 Å². The van der Waals surface area contributed by atoms with Crippen molar-refractivity contribution in [1.29, 1.82) is 0 Å². The quantitative estimate of drug-likeness (QED) is 0.441. The maximum atomic E-state index is 14.6. The van der Waals surface area contributed by atoms with Gasteiger partial charge in [0.25, 0.3) is 0 Å². The van der Waals surface area contributed by atoms with Gasteiger partial charge in [-0.2, -0.15) is 0 Å². The van der Waals surface area contributed by atoms with Gasteiger partial charge in [-0.05, 0) is 31.2 Å². The van der Waals surface area contributed by atoms with E-state index in [1.807, 2.05) is 55.6 Å². The van der Waals surface area contributed by atoms with E-state index >= 15 is 0 Å². The molecule has 1 unspecified atom stereocenters. The molecule has 2 N–H and O–H groups in total. The molecule has 1 atom stereocenters. The van der Waals surface area contributed by atoms with Crippen LogP contribution in [0.15, 0.2) is 61.3 Å². The van der Waals surface area contributed by atoms with Crippen molar-refractivity contribution in [3.63, 3.8) is 0 Å². The molecule has 5 rings (SSSR count). The summed E-state index contributed by atoms with van der Waals surface area (Å²) in [6, 6.07) is 12.2. The fourth-order valence-electron chi connectivity index (χ4n) is 3.38. The second kappa shape index (κ2) is 8.28. The number of nitrogens with one attached hydrogen (secondary N) is 2. The summed E-state index contributed by atoms with van der Waals surface area (Å²) in [5.41, 5.74) is 3.98. The minimum Gasteiger partial charge on any atom is -0.360 e. The summed E-state index contributed by atoms with van der Waals surface area (Å²) >= 11 is 0. The van der Waals surface area contributed by atoms with Crippen LogP contribution >= 0.6 is 0 Å². The van der Waals surface area contributed by atoms with Crippen LogP contribution in [0.2, 0.25) is 0 Å². The molecule has 0 radical (unpaired) electrons. The molecular formula is C22H22FN7. The average Bonchev–Trinajstić information content (AvgIpc) is 3.41. The summed E-state index contributed by atoms with van der Waals surface area (Å²) in [4.78, 5) is 20.4. The van der Waals surface area contributed by atoms with Crippen LogP contribution in [0.1, 0.15) is 32.5 Å². The average molecular weight is 403 g/mol. The topological polar surface area (TPSA) is 83.8 Å². The van der Waals surface area contributed by atoms with Gasteiger partial charge in [-0.1, -0.05) is 32.0 Å². The van der Waals surface area contributed by atoms with Crippen molar-refractivity contribution in [2.45, 2.75) is 26.8 Å². The van der Waals surface area contributed by atoms with E-state index in [9.17, 15) is 4.39 Å². The molecule has 0 bridgehead atoms. The molecule has 7 nitrogen and oxygen atoms in total. The summed E-state index contributed by atoms with van der Waals surface area (Å²) in [6.45, 7) is 5.97. The van der Waals surface area contributed by atoms with Crippen molar-refractivity contribution in [3.8, 4) is 11.3 Å². The first-order valence-corrected chi connectivity index (χ1v) is 9.85. The Hall–Kier alpha value is -3.81. The summed E-state index contributed by atoms with van der Waals surface area (Å²) in [6.07, 6.45) is 4.92. The van der Waals surface area contributed by atoms with Gasteiger partial charge < -0.3 is 10.3 Å². The van der Waals surface area contributed by atoms with Crippen LogP contribution < -0.4 is 5.32 Å². The molecule has 30 heavy (non-hydrogen) atoms. The Kier molecular flexibility index (Phi) is 5.38. The minimum atomic E-state index is -0.292. The summed E-state index contributed by atoms with van der Waals surface area (Å²) in [7, 11) is 0. The zero-order chi connectivity index (χ0) is 21.1. The van der Waals surface area contributed by atoms with Crippen molar-refractivity contribution in [2.24, 2.45) is 0 Å². The van der Waals surface area contributed by atoms with E-state index in [-0.39, 0.29) is 11.9 Å². The van der Waals surface area contributed by atoms with Gasteiger partial charge >= 0.3 is 0 Å². The Morgan fingerprint density at radius 1 is 1.03 bits per heavy atom. The zero-order valence-corrected chi connectivity index (χ0v) is 17.0. The molecule has 0 aliphatic rings. The van der Waals surface area contributed by atoms with Gasteiger partial charge in [-0.15, -0.1) is 0 Å². The first kappa shape index (κ1) is 19.5. The molecule has 1 aromatic carbocycles. The molecule has 152 valence electrons. The second-order valence-corrected chi connectivity index (χ2v) is 6.44. The number of nitrogens with zero attached hydrogens (tertiary/aromatic N) is 5. The molecule has 4 heterocycles. The van der Waals surface area contributed by atoms with E-state index in [1.54, 1.807) is 18.5 Å². The molecule has 0 spiro atoms. The molecule has 5 aromatic rings. The number of anilines is 1. The number of H-pyrrole nitrogens is 1. The summed E-state index contributed by atoms with van der Waals surface area (Å²) < 4.78 is 16.5. The van der Waals surface area contributed by atoms with Crippen LogP contribution in [-0.2, 0) is 0 Å². The van der Waals surface area contributed by atoms with Crippen molar-refractivity contribution in [1.82, 2.24) is 29.3 Å². The fraction of sp³-hybridized carbons (Fsp3) is 0.182. The van der Waals surface area contributed by atoms with E-state index in [1.165, 1.54) is 12.4 Å². The highest BCUT2D eigenvalue weighted by Crippen LogP contribution is 2.32. The van der Waals surface area contributed by atoms with Crippen LogP contribution in [-0.4, -0.2) is 29.3 Å². The Morgan fingerprint density at radius 3 is 2.67 bits per heavy atom. The lowest BCUT2D eigenvalue weighted by Crippen LogP contribution is -2.10. The lowest BCUT2D eigenvalue weighted by atomic mass is 10.1. The predicted molar refractivity (Wildman–Crippen MR) is 116 cm³/mol. The van der Waals surface area contributed by atoms with Gasteiger partial charge in [0.2, 0.25) is 0 Å². The van der Waals surface area contributed by atoms with E-state index < -0.39 is 0 Å².